The summed E-state index contributed by atoms with van der Waals surface area (Å²) in [5, 5.41) is 7.87. The van der Waals surface area contributed by atoms with E-state index in [9.17, 15) is 4.79 Å². The minimum Gasteiger partial charge on any atom is -0.358 e. The zero-order valence-electron chi connectivity index (χ0n) is 11.7. The highest BCUT2D eigenvalue weighted by Crippen LogP contribution is 2.27. The van der Waals surface area contributed by atoms with Gasteiger partial charge in [-0.3, -0.25) is 9.89 Å². The minimum absolute atomic E-state index is 0.115. The van der Waals surface area contributed by atoms with Gasteiger partial charge >= 0.3 is 0 Å². The molecular formula is C15H15N5O. The Bertz CT molecular complexity index is 832. The molecule has 106 valence electrons. The number of carbonyl (C=O) groups excluding carboxylic acids is 1. The fraction of sp³-hybridized carbons (Fsp3) is 0.267. The van der Waals surface area contributed by atoms with Crippen LogP contribution < -0.4 is 0 Å². The van der Waals surface area contributed by atoms with Gasteiger partial charge in [-0.15, -0.1) is 5.10 Å². The van der Waals surface area contributed by atoms with Crippen LogP contribution in [0.5, 0.6) is 0 Å². The van der Waals surface area contributed by atoms with Gasteiger partial charge < -0.3 is 9.88 Å². The second kappa shape index (κ2) is 4.44. The van der Waals surface area contributed by atoms with Crippen LogP contribution in [0.1, 0.15) is 27.7 Å². The summed E-state index contributed by atoms with van der Waals surface area (Å²) < 4.78 is 0. The van der Waals surface area contributed by atoms with Gasteiger partial charge in [0.05, 0.1) is 0 Å². The van der Waals surface area contributed by atoms with E-state index in [2.05, 4.69) is 32.3 Å². The Morgan fingerprint density at radius 3 is 3.00 bits per heavy atom. The van der Waals surface area contributed by atoms with E-state index in [0.717, 1.165) is 11.9 Å². The zero-order valence-corrected chi connectivity index (χ0v) is 11.7. The van der Waals surface area contributed by atoms with Gasteiger partial charge in [0, 0.05) is 41.7 Å². The molecule has 0 spiro atoms. The van der Waals surface area contributed by atoms with Crippen LogP contribution in [0.3, 0.4) is 0 Å². The molecule has 1 aliphatic rings. The molecule has 0 saturated carbocycles. The summed E-state index contributed by atoms with van der Waals surface area (Å²) in [6, 6.07) is 8.20. The number of nitrogens with one attached hydrogen (secondary N) is 2. The zero-order chi connectivity index (χ0) is 14.4. The van der Waals surface area contributed by atoms with Gasteiger partial charge in [-0.05, 0) is 13.0 Å². The molecule has 6 heteroatoms. The first kappa shape index (κ1) is 12.1. The van der Waals surface area contributed by atoms with Crippen LogP contribution in [0.2, 0.25) is 0 Å². The molecule has 0 radical (unpaired) electrons. The third-order valence-corrected chi connectivity index (χ3v) is 3.96. The van der Waals surface area contributed by atoms with Crippen molar-refractivity contribution in [1.82, 2.24) is 25.1 Å². The highest BCUT2D eigenvalue weighted by Gasteiger charge is 2.26. The standard InChI is InChI=1S/C15H15N5O/c1-9-16-14(19-18-9)15(21)20-7-6-13-11(8-20)10-4-2-3-5-12(10)17-13/h2-5,17H,6-8H2,1H3,(H,16,18,19). The molecule has 0 fully saturated rings. The molecule has 21 heavy (non-hydrogen) atoms. The number of nitrogens with zero attached hydrogens (tertiary/aromatic N) is 3. The Kier molecular flexibility index (Phi) is 2.57. The SMILES string of the molecule is Cc1nc(C(=O)N2CCc3[nH]c4ccccc4c3C2)n[nH]1. The Balaban J connectivity index is 1.68. The summed E-state index contributed by atoms with van der Waals surface area (Å²) in [7, 11) is 0. The number of benzene rings is 1. The molecule has 2 aromatic heterocycles. The van der Waals surface area contributed by atoms with Crippen LogP contribution in [0.4, 0.5) is 0 Å². The lowest BCUT2D eigenvalue weighted by Crippen LogP contribution is -2.36. The van der Waals surface area contributed by atoms with Crippen molar-refractivity contribution in [2.75, 3.05) is 6.54 Å². The first-order valence-electron chi connectivity index (χ1n) is 6.99. The van der Waals surface area contributed by atoms with Gasteiger partial charge in [0.1, 0.15) is 5.82 Å². The molecule has 1 amide bonds. The fourth-order valence-corrected chi connectivity index (χ4v) is 2.92. The van der Waals surface area contributed by atoms with Crippen molar-refractivity contribution >= 4 is 16.8 Å². The fourth-order valence-electron chi connectivity index (χ4n) is 2.92. The molecule has 6 nitrogen and oxygen atoms in total. The maximum absolute atomic E-state index is 12.5. The first-order valence-corrected chi connectivity index (χ1v) is 6.99. The van der Waals surface area contributed by atoms with Crippen molar-refractivity contribution in [3.8, 4) is 0 Å². The number of amides is 1. The second-order valence-electron chi connectivity index (χ2n) is 5.35. The highest BCUT2D eigenvalue weighted by atomic mass is 16.2. The summed E-state index contributed by atoms with van der Waals surface area (Å²) in [4.78, 5) is 21.8. The van der Waals surface area contributed by atoms with E-state index < -0.39 is 0 Å². The van der Waals surface area contributed by atoms with E-state index >= 15 is 0 Å². The number of carbonyl (C=O) groups is 1. The normalized spacial score (nSPS) is 14.4. The van der Waals surface area contributed by atoms with Crippen molar-refractivity contribution in [2.45, 2.75) is 19.9 Å². The number of hydrogen-bond acceptors (Lipinski definition) is 3. The maximum Gasteiger partial charge on any atom is 0.293 e. The molecule has 0 saturated heterocycles. The lowest BCUT2D eigenvalue weighted by Gasteiger charge is -2.26. The largest absolute Gasteiger partial charge is 0.358 e. The van der Waals surface area contributed by atoms with Gasteiger partial charge in [0.15, 0.2) is 0 Å². The molecule has 0 atom stereocenters. The van der Waals surface area contributed by atoms with Gasteiger partial charge in [-0.25, -0.2) is 4.98 Å². The van der Waals surface area contributed by atoms with E-state index in [0.29, 0.717) is 18.9 Å². The van der Waals surface area contributed by atoms with Crippen LogP contribution in [-0.2, 0) is 13.0 Å². The molecule has 3 heterocycles. The average Bonchev–Trinajstić information content (AvgIpc) is 3.09. The summed E-state index contributed by atoms with van der Waals surface area (Å²) >= 11 is 0. The van der Waals surface area contributed by atoms with Gasteiger partial charge in [0.25, 0.3) is 5.91 Å². The highest BCUT2D eigenvalue weighted by molar-refractivity contribution is 5.91. The van der Waals surface area contributed by atoms with Crippen molar-refractivity contribution in [1.29, 1.82) is 0 Å². The average molecular weight is 281 g/mol. The third kappa shape index (κ3) is 1.91. The Hall–Kier alpha value is -2.63. The van der Waals surface area contributed by atoms with Crippen LogP contribution in [0.15, 0.2) is 24.3 Å². The Labute approximate surface area is 121 Å². The van der Waals surface area contributed by atoms with E-state index in [1.54, 1.807) is 6.92 Å². The molecule has 2 N–H and O–H groups in total. The second-order valence-corrected chi connectivity index (χ2v) is 5.35. The van der Waals surface area contributed by atoms with Crippen LogP contribution in [-0.4, -0.2) is 37.5 Å². The predicted octanol–water partition coefficient (Wildman–Crippen LogP) is 1.79. The van der Waals surface area contributed by atoms with E-state index in [1.807, 2.05) is 17.0 Å². The van der Waals surface area contributed by atoms with Crippen LogP contribution in [0, 0.1) is 6.92 Å². The Morgan fingerprint density at radius 2 is 2.19 bits per heavy atom. The number of para-hydroxylation sites is 1. The molecule has 1 aromatic carbocycles. The number of hydrogen-bond donors (Lipinski definition) is 2. The van der Waals surface area contributed by atoms with Crippen LogP contribution in [0.25, 0.3) is 10.9 Å². The molecule has 0 bridgehead atoms. The van der Waals surface area contributed by atoms with E-state index in [1.165, 1.54) is 16.6 Å². The van der Waals surface area contributed by atoms with Crippen molar-refractivity contribution in [3.63, 3.8) is 0 Å². The smallest absolute Gasteiger partial charge is 0.293 e. The lowest BCUT2D eigenvalue weighted by molar-refractivity contribution is 0.0723. The van der Waals surface area contributed by atoms with Gasteiger partial charge in [-0.2, -0.15) is 0 Å². The number of H-pyrrole nitrogens is 2. The number of aryl methyl sites for hydroxylation is 1. The molecule has 1 aliphatic heterocycles. The van der Waals surface area contributed by atoms with Crippen molar-refractivity contribution < 1.29 is 4.79 Å². The Morgan fingerprint density at radius 1 is 1.33 bits per heavy atom. The monoisotopic (exact) mass is 281 g/mol. The topological polar surface area (TPSA) is 77.7 Å². The summed E-state index contributed by atoms with van der Waals surface area (Å²) in [5.41, 5.74) is 3.56. The van der Waals surface area contributed by atoms with E-state index in [-0.39, 0.29) is 11.7 Å². The van der Waals surface area contributed by atoms with Crippen molar-refractivity contribution in [3.05, 3.63) is 47.2 Å². The summed E-state index contributed by atoms with van der Waals surface area (Å²) in [6.45, 7) is 3.08. The first-order chi connectivity index (χ1) is 10.2. The number of aromatic nitrogens is 4. The van der Waals surface area contributed by atoms with E-state index in [4.69, 9.17) is 0 Å². The number of rotatable bonds is 1. The van der Waals surface area contributed by atoms with Crippen molar-refractivity contribution in [2.24, 2.45) is 0 Å². The van der Waals surface area contributed by atoms with Gasteiger partial charge in [0.2, 0.25) is 5.82 Å². The predicted molar refractivity (Wildman–Crippen MR) is 77.9 cm³/mol. The summed E-state index contributed by atoms with van der Waals surface area (Å²) in [5.74, 6) is 0.786. The number of fused-ring (bicyclic) bond motifs is 3. The molecule has 0 aliphatic carbocycles. The minimum atomic E-state index is -0.115. The molecule has 4 rings (SSSR count). The maximum atomic E-state index is 12.5. The lowest BCUT2D eigenvalue weighted by atomic mass is 10.0. The van der Waals surface area contributed by atoms with Crippen LogP contribution >= 0.6 is 0 Å². The summed E-state index contributed by atoms with van der Waals surface area (Å²) in [6.07, 6.45) is 0.832. The van der Waals surface area contributed by atoms with Gasteiger partial charge in [-0.1, -0.05) is 18.2 Å². The quantitative estimate of drug-likeness (QED) is 0.714. The number of aromatic amines is 2. The molecular weight excluding hydrogens is 266 g/mol. The molecule has 3 aromatic rings. The third-order valence-electron chi connectivity index (χ3n) is 3.96. The molecule has 0 unspecified atom stereocenters.